The van der Waals surface area contributed by atoms with Crippen LogP contribution in [-0.2, 0) is 35.3 Å². The number of hydrogen-bond acceptors (Lipinski definition) is 6. The molecule has 1 unspecified atom stereocenters. The van der Waals surface area contributed by atoms with E-state index in [9.17, 15) is 9.59 Å². The van der Waals surface area contributed by atoms with E-state index < -0.39 is 0 Å². The predicted octanol–water partition coefficient (Wildman–Crippen LogP) is 3.17. The molecule has 33 heavy (non-hydrogen) atoms. The average Bonchev–Trinajstić information content (AvgIpc) is 3.19. The van der Waals surface area contributed by atoms with Gasteiger partial charge in [0.15, 0.2) is 0 Å². The van der Waals surface area contributed by atoms with Gasteiger partial charge < -0.3 is 19.3 Å². The van der Waals surface area contributed by atoms with Crippen molar-refractivity contribution in [2.75, 3.05) is 39.3 Å². The van der Waals surface area contributed by atoms with E-state index in [0.717, 1.165) is 80.8 Å². The minimum atomic E-state index is -0.191. The fourth-order valence-electron chi connectivity index (χ4n) is 5.24. The molecule has 1 fully saturated rings. The highest BCUT2D eigenvalue weighted by Crippen LogP contribution is 2.26. The number of fused-ring (bicyclic) bond motifs is 2. The molecule has 0 bridgehead atoms. The quantitative estimate of drug-likeness (QED) is 0.633. The number of benzene rings is 2. The first kappa shape index (κ1) is 22.1. The number of rotatable bonds is 6. The summed E-state index contributed by atoms with van der Waals surface area (Å²) in [4.78, 5) is 28.8. The molecule has 0 saturated carbocycles. The van der Waals surface area contributed by atoms with E-state index in [2.05, 4.69) is 34.9 Å². The van der Waals surface area contributed by atoms with E-state index in [1.165, 1.54) is 16.7 Å². The van der Waals surface area contributed by atoms with Crippen LogP contribution in [0.3, 0.4) is 0 Å². The number of nitrogens with zero attached hydrogens (tertiary/aromatic N) is 2. The highest BCUT2D eigenvalue weighted by molar-refractivity contribution is 5.94. The number of esters is 2. The van der Waals surface area contributed by atoms with Gasteiger partial charge >= 0.3 is 11.9 Å². The molecule has 3 aliphatic heterocycles. The molecule has 2 aromatic carbocycles. The lowest BCUT2D eigenvalue weighted by Gasteiger charge is -2.35. The second-order valence-electron chi connectivity index (χ2n) is 9.55. The van der Waals surface area contributed by atoms with Crippen molar-refractivity contribution in [3.63, 3.8) is 0 Å². The zero-order valence-electron chi connectivity index (χ0n) is 19.6. The standard InChI is InChI=1S/C27H32N2O4/c1-18-15-22-16-20(3-5-23(22)27(31)33-18)7-9-28-11-13-29(14-12-28)10-8-21-4-6-24-25(19(21)2)17-32-26(24)30/h3-6,16,18H,7-15,17H2,1-2H3. The molecule has 2 aromatic rings. The summed E-state index contributed by atoms with van der Waals surface area (Å²) < 4.78 is 10.5. The van der Waals surface area contributed by atoms with Crippen molar-refractivity contribution >= 4 is 11.9 Å². The second kappa shape index (κ2) is 9.27. The first-order chi connectivity index (χ1) is 16.0. The molecule has 0 aromatic heterocycles. The Morgan fingerprint density at radius 1 is 0.909 bits per heavy atom. The van der Waals surface area contributed by atoms with Crippen LogP contribution < -0.4 is 0 Å². The fraction of sp³-hybridized carbons (Fsp3) is 0.481. The maximum absolute atomic E-state index is 12.0. The molecule has 0 amide bonds. The largest absolute Gasteiger partial charge is 0.459 e. The van der Waals surface area contributed by atoms with E-state index in [0.29, 0.717) is 6.61 Å². The van der Waals surface area contributed by atoms with Gasteiger partial charge in [0, 0.05) is 51.3 Å². The minimum Gasteiger partial charge on any atom is -0.459 e. The van der Waals surface area contributed by atoms with Crippen molar-refractivity contribution < 1.29 is 19.1 Å². The third kappa shape index (κ3) is 4.68. The Hall–Kier alpha value is -2.70. The van der Waals surface area contributed by atoms with Crippen molar-refractivity contribution in [1.82, 2.24) is 9.80 Å². The van der Waals surface area contributed by atoms with Crippen LogP contribution in [0.2, 0.25) is 0 Å². The molecular weight excluding hydrogens is 416 g/mol. The summed E-state index contributed by atoms with van der Waals surface area (Å²) in [5.41, 5.74) is 7.48. The molecule has 0 aliphatic carbocycles. The van der Waals surface area contributed by atoms with Gasteiger partial charge in [-0.1, -0.05) is 18.2 Å². The molecule has 1 atom stereocenters. The number of carbonyl (C=O) groups excluding carboxylic acids is 2. The van der Waals surface area contributed by atoms with Crippen LogP contribution in [0.15, 0.2) is 30.3 Å². The van der Waals surface area contributed by atoms with Crippen LogP contribution in [0.25, 0.3) is 0 Å². The van der Waals surface area contributed by atoms with Crippen LogP contribution in [0.1, 0.15) is 55.5 Å². The van der Waals surface area contributed by atoms with E-state index in [-0.39, 0.29) is 18.0 Å². The molecule has 1 saturated heterocycles. The van der Waals surface area contributed by atoms with Crippen molar-refractivity contribution in [1.29, 1.82) is 0 Å². The van der Waals surface area contributed by atoms with Gasteiger partial charge in [0.1, 0.15) is 12.7 Å². The molecular formula is C27H32N2O4. The molecule has 5 rings (SSSR count). The number of cyclic esters (lactones) is 2. The Morgan fingerprint density at radius 3 is 2.36 bits per heavy atom. The van der Waals surface area contributed by atoms with Gasteiger partial charge in [0.05, 0.1) is 11.1 Å². The monoisotopic (exact) mass is 448 g/mol. The summed E-state index contributed by atoms with van der Waals surface area (Å²) in [5, 5.41) is 0. The molecule has 174 valence electrons. The molecule has 3 heterocycles. The summed E-state index contributed by atoms with van der Waals surface area (Å²) in [6.07, 6.45) is 2.78. The Balaban J connectivity index is 1.09. The van der Waals surface area contributed by atoms with Crippen LogP contribution in [-0.4, -0.2) is 67.1 Å². The van der Waals surface area contributed by atoms with Crippen molar-refractivity contribution in [3.8, 4) is 0 Å². The van der Waals surface area contributed by atoms with Gasteiger partial charge in [-0.3, -0.25) is 0 Å². The normalized spacial score (nSPS) is 20.8. The lowest BCUT2D eigenvalue weighted by atomic mass is 9.96. The summed E-state index contributed by atoms with van der Waals surface area (Å²) in [6, 6.07) is 10.2. The topological polar surface area (TPSA) is 59.1 Å². The number of carbonyl (C=O) groups is 2. The Morgan fingerprint density at radius 2 is 1.61 bits per heavy atom. The third-order valence-corrected chi connectivity index (χ3v) is 7.36. The first-order valence-corrected chi connectivity index (χ1v) is 12.0. The van der Waals surface area contributed by atoms with Gasteiger partial charge in [0.25, 0.3) is 0 Å². The zero-order valence-corrected chi connectivity index (χ0v) is 19.6. The zero-order chi connectivity index (χ0) is 22.9. The van der Waals surface area contributed by atoms with E-state index >= 15 is 0 Å². The number of piperazine rings is 1. The molecule has 6 nitrogen and oxygen atoms in total. The lowest BCUT2D eigenvalue weighted by molar-refractivity contribution is 0.0301. The summed E-state index contributed by atoms with van der Waals surface area (Å²) in [6.45, 7) is 10.9. The second-order valence-corrected chi connectivity index (χ2v) is 9.55. The van der Waals surface area contributed by atoms with Crippen molar-refractivity contribution in [2.24, 2.45) is 0 Å². The summed E-state index contributed by atoms with van der Waals surface area (Å²) in [7, 11) is 0. The molecule has 6 heteroatoms. The van der Waals surface area contributed by atoms with E-state index in [1.807, 2.05) is 19.1 Å². The molecule has 3 aliphatic rings. The van der Waals surface area contributed by atoms with Gasteiger partial charge in [-0.25, -0.2) is 9.59 Å². The third-order valence-electron chi connectivity index (χ3n) is 7.36. The van der Waals surface area contributed by atoms with E-state index in [4.69, 9.17) is 9.47 Å². The van der Waals surface area contributed by atoms with E-state index in [1.54, 1.807) is 0 Å². The van der Waals surface area contributed by atoms with Crippen LogP contribution in [0.4, 0.5) is 0 Å². The molecule has 0 radical (unpaired) electrons. The summed E-state index contributed by atoms with van der Waals surface area (Å²) in [5.74, 6) is -0.383. The van der Waals surface area contributed by atoms with Crippen molar-refractivity contribution in [3.05, 3.63) is 69.3 Å². The first-order valence-electron chi connectivity index (χ1n) is 12.0. The Labute approximate surface area is 195 Å². The Bertz CT molecular complexity index is 1070. The van der Waals surface area contributed by atoms with Crippen molar-refractivity contribution in [2.45, 2.75) is 45.8 Å². The van der Waals surface area contributed by atoms with Crippen LogP contribution >= 0.6 is 0 Å². The average molecular weight is 449 g/mol. The van der Waals surface area contributed by atoms with Gasteiger partial charge in [0.2, 0.25) is 0 Å². The molecule has 0 spiro atoms. The maximum atomic E-state index is 12.0. The maximum Gasteiger partial charge on any atom is 0.338 e. The minimum absolute atomic E-state index is 0.0373. The lowest BCUT2D eigenvalue weighted by Crippen LogP contribution is -2.47. The highest BCUT2D eigenvalue weighted by Gasteiger charge is 2.25. The van der Waals surface area contributed by atoms with Gasteiger partial charge in [-0.05, 0) is 61.1 Å². The van der Waals surface area contributed by atoms with Crippen LogP contribution in [0.5, 0.6) is 0 Å². The number of hydrogen-bond donors (Lipinski definition) is 0. The molecule has 0 N–H and O–H groups in total. The fourth-order valence-corrected chi connectivity index (χ4v) is 5.24. The van der Waals surface area contributed by atoms with Crippen LogP contribution in [0, 0.1) is 6.92 Å². The van der Waals surface area contributed by atoms with Gasteiger partial charge in [-0.15, -0.1) is 0 Å². The summed E-state index contributed by atoms with van der Waals surface area (Å²) >= 11 is 0. The SMILES string of the molecule is Cc1c(CCN2CCN(CCc3ccc4c(c3)CC(C)OC4=O)CC2)ccc2c1COC2=O. The van der Waals surface area contributed by atoms with Gasteiger partial charge in [-0.2, -0.15) is 0 Å². The Kier molecular flexibility index (Phi) is 6.21. The smallest absolute Gasteiger partial charge is 0.338 e. The number of ether oxygens (including phenoxy) is 2. The predicted molar refractivity (Wildman–Crippen MR) is 126 cm³/mol. The highest BCUT2D eigenvalue weighted by atomic mass is 16.5.